The Hall–Kier alpha value is -1.10. The summed E-state index contributed by atoms with van der Waals surface area (Å²) in [6.45, 7) is 7.87. The summed E-state index contributed by atoms with van der Waals surface area (Å²) in [6.07, 6.45) is 2.68. The first-order chi connectivity index (χ1) is 8.85. The molecule has 108 valence electrons. The molecule has 1 atom stereocenters. The van der Waals surface area contributed by atoms with E-state index in [9.17, 15) is 9.59 Å². The van der Waals surface area contributed by atoms with Crippen molar-refractivity contribution in [3.8, 4) is 0 Å². The normalized spacial score (nSPS) is 30.8. The third-order valence-electron chi connectivity index (χ3n) is 4.71. The summed E-state index contributed by atoms with van der Waals surface area (Å²) in [5.74, 6) is 0.121. The molecule has 2 saturated heterocycles. The second kappa shape index (κ2) is 4.78. The first-order valence-corrected chi connectivity index (χ1v) is 7.18. The van der Waals surface area contributed by atoms with Crippen LogP contribution in [0.5, 0.6) is 0 Å². The van der Waals surface area contributed by atoms with Crippen LogP contribution in [0.2, 0.25) is 0 Å². The van der Waals surface area contributed by atoms with Crippen LogP contribution in [0.25, 0.3) is 0 Å². The topological polar surface area (TPSA) is 52.7 Å². The first kappa shape index (κ1) is 14.3. The van der Waals surface area contributed by atoms with Crippen molar-refractivity contribution >= 4 is 11.8 Å². The van der Waals surface area contributed by atoms with Crippen LogP contribution in [0.1, 0.15) is 40.0 Å². The van der Waals surface area contributed by atoms with Crippen molar-refractivity contribution < 1.29 is 9.59 Å². The van der Waals surface area contributed by atoms with Crippen LogP contribution in [-0.2, 0) is 9.59 Å². The third kappa shape index (κ3) is 2.14. The minimum atomic E-state index is -0.740. The van der Waals surface area contributed by atoms with Gasteiger partial charge in [0.25, 0.3) is 0 Å². The Balaban J connectivity index is 2.25. The van der Waals surface area contributed by atoms with Crippen LogP contribution in [0.3, 0.4) is 0 Å². The average molecular weight is 267 g/mol. The molecule has 2 heterocycles. The van der Waals surface area contributed by atoms with Gasteiger partial charge in [0, 0.05) is 20.1 Å². The molecule has 2 rings (SSSR count). The van der Waals surface area contributed by atoms with E-state index >= 15 is 0 Å². The number of carbonyl (C=O) groups is 2. The Morgan fingerprint density at radius 1 is 1.37 bits per heavy atom. The Morgan fingerprint density at radius 3 is 2.58 bits per heavy atom. The Kier molecular flexibility index (Phi) is 3.60. The summed E-state index contributed by atoms with van der Waals surface area (Å²) in [6, 6.07) is 0. The van der Waals surface area contributed by atoms with Crippen molar-refractivity contribution in [2.75, 3.05) is 26.7 Å². The number of hydrogen-bond donors (Lipinski definition) is 1. The number of amides is 2. The van der Waals surface area contributed by atoms with E-state index < -0.39 is 11.1 Å². The molecule has 0 bridgehead atoms. The molecule has 2 aliphatic heterocycles. The van der Waals surface area contributed by atoms with Gasteiger partial charge in [-0.1, -0.05) is 6.92 Å². The first-order valence-electron chi connectivity index (χ1n) is 7.18. The van der Waals surface area contributed by atoms with Gasteiger partial charge in [0.1, 0.15) is 5.54 Å². The predicted octanol–water partition coefficient (Wildman–Crippen LogP) is 0.598. The average Bonchev–Trinajstić information content (AvgIpc) is 2.85. The van der Waals surface area contributed by atoms with Gasteiger partial charge in [-0.2, -0.15) is 0 Å². The molecule has 0 aromatic carbocycles. The fourth-order valence-corrected chi connectivity index (χ4v) is 3.27. The van der Waals surface area contributed by atoms with Gasteiger partial charge in [0.15, 0.2) is 0 Å². The van der Waals surface area contributed by atoms with Crippen LogP contribution >= 0.6 is 0 Å². The summed E-state index contributed by atoms with van der Waals surface area (Å²) < 4.78 is 0. The van der Waals surface area contributed by atoms with Crippen LogP contribution in [-0.4, -0.2) is 59.4 Å². The standard InChI is InChI=1S/C14H25N3O2/c1-5-14(7-6-8-15-14)12(19)17-10-9-16(4)11(18)13(17,2)3/h15H,5-10H2,1-4H3. The van der Waals surface area contributed by atoms with Gasteiger partial charge in [0.05, 0.1) is 5.54 Å². The van der Waals surface area contributed by atoms with Crippen molar-refractivity contribution in [1.82, 2.24) is 15.1 Å². The summed E-state index contributed by atoms with van der Waals surface area (Å²) in [7, 11) is 1.80. The molecule has 19 heavy (non-hydrogen) atoms. The quantitative estimate of drug-likeness (QED) is 0.797. The van der Waals surface area contributed by atoms with Crippen LogP contribution in [0.4, 0.5) is 0 Å². The molecule has 5 heteroatoms. The van der Waals surface area contributed by atoms with Gasteiger partial charge in [-0.3, -0.25) is 9.59 Å². The zero-order valence-electron chi connectivity index (χ0n) is 12.5. The lowest BCUT2D eigenvalue weighted by molar-refractivity contribution is -0.160. The highest BCUT2D eigenvalue weighted by Crippen LogP contribution is 2.30. The molecule has 0 saturated carbocycles. The number of hydrogen-bond acceptors (Lipinski definition) is 3. The van der Waals surface area contributed by atoms with Crippen LogP contribution < -0.4 is 5.32 Å². The van der Waals surface area contributed by atoms with Crippen molar-refractivity contribution in [1.29, 1.82) is 0 Å². The van der Waals surface area contributed by atoms with Gasteiger partial charge in [-0.05, 0) is 39.7 Å². The van der Waals surface area contributed by atoms with Gasteiger partial charge < -0.3 is 15.1 Å². The number of rotatable bonds is 2. The smallest absolute Gasteiger partial charge is 0.247 e. The molecular formula is C14H25N3O2. The Labute approximate surface area is 115 Å². The maximum Gasteiger partial charge on any atom is 0.247 e. The number of likely N-dealkylation sites (N-methyl/N-ethyl adjacent to an activating group) is 1. The number of carbonyl (C=O) groups excluding carboxylic acids is 2. The van der Waals surface area contributed by atoms with E-state index in [1.54, 1.807) is 16.8 Å². The van der Waals surface area contributed by atoms with E-state index in [-0.39, 0.29) is 11.8 Å². The summed E-state index contributed by atoms with van der Waals surface area (Å²) in [5, 5.41) is 3.36. The van der Waals surface area contributed by atoms with E-state index in [0.717, 1.165) is 25.8 Å². The van der Waals surface area contributed by atoms with E-state index in [0.29, 0.717) is 13.1 Å². The van der Waals surface area contributed by atoms with Crippen LogP contribution in [0.15, 0.2) is 0 Å². The number of piperazine rings is 1. The molecule has 0 aromatic heterocycles. The zero-order valence-corrected chi connectivity index (χ0v) is 12.5. The predicted molar refractivity (Wildman–Crippen MR) is 73.7 cm³/mol. The van der Waals surface area contributed by atoms with Crippen molar-refractivity contribution in [3.63, 3.8) is 0 Å². The van der Waals surface area contributed by atoms with E-state index in [1.165, 1.54) is 0 Å². The van der Waals surface area contributed by atoms with E-state index in [1.807, 2.05) is 20.8 Å². The fraction of sp³-hybridized carbons (Fsp3) is 0.857. The number of nitrogens with one attached hydrogen (secondary N) is 1. The van der Waals surface area contributed by atoms with Crippen LogP contribution in [0, 0.1) is 0 Å². The SMILES string of the molecule is CCC1(C(=O)N2CCN(C)C(=O)C2(C)C)CCCN1. The highest BCUT2D eigenvalue weighted by atomic mass is 16.2. The molecule has 2 amide bonds. The third-order valence-corrected chi connectivity index (χ3v) is 4.71. The molecule has 1 N–H and O–H groups in total. The molecule has 0 spiro atoms. The lowest BCUT2D eigenvalue weighted by Gasteiger charge is -2.47. The van der Waals surface area contributed by atoms with E-state index in [4.69, 9.17) is 0 Å². The highest BCUT2D eigenvalue weighted by molar-refractivity contribution is 5.95. The summed E-state index contributed by atoms with van der Waals surface area (Å²) >= 11 is 0. The molecule has 1 unspecified atom stereocenters. The maximum absolute atomic E-state index is 12.9. The molecular weight excluding hydrogens is 242 g/mol. The molecule has 5 nitrogen and oxygen atoms in total. The molecule has 2 fully saturated rings. The largest absolute Gasteiger partial charge is 0.342 e. The minimum Gasteiger partial charge on any atom is -0.342 e. The molecule has 0 aromatic rings. The second-order valence-electron chi connectivity index (χ2n) is 6.21. The lowest BCUT2D eigenvalue weighted by atomic mass is 9.88. The molecule has 0 aliphatic carbocycles. The Morgan fingerprint density at radius 2 is 2.05 bits per heavy atom. The number of nitrogens with zero attached hydrogens (tertiary/aromatic N) is 2. The van der Waals surface area contributed by atoms with Gasteiger partial charge >= 0.3 is 0 Å². The summed E-state index contributed by atoms with van der Waals surface area (Å²) in [5.41, 5.74) is -1.19. The van der Waals surface area contributed by atoms with Crippen molar-refractivity contribution in [2.24, 2.45) is 0 Å². The fourth-order valence-electron chi connectivity index (χ4n) is 3.27. The van der Waals surface area contributed by atoms with E-state index in [2.05, 4.69) is 5.32 Å². The summed E-state index contributed by atoms with van der Waals surface area (Å²) in [4.78, 5) is 28.7. The highest BCUT2D eigenvalue weighted by Gasteiger charge is 2.50. The second-order valence-corrected chi connectivity index (χ2v) is 6.21. The van der Waals surface area contributed by atoms with Crippen molar-refractivity contribution in [2.45, 2.75) is 51.1 Å². The molecule has 2 aliphatic rings. The van der Waals surface area contributed by atoms with Gasteiger partial charge in [-0.25, -0.2) is 0 Å². The molecule has 0 radical (unpaired) electrons. The monoisotopic (exact) mass is 267 g/mol. The maximum atomic E-state index is 12.9. The lowest BCUT2D eigenvalue weighted by Crippen LogP contribution is -2.68. The Bertz CT molecular complexity index is 386. The van der Waals surface area contributed by atoms with Gasteiger partial charge in [0.2, 0.25) is 11.8 Å². The van der Waals surface area contributed by atoms with Gasteiger partial charge in [-0.15, -0.1) is 0 Å². The van der Waals surface area contributed by atoms with Crippen molar-refractivity contribution in [3.05, 3.63) is 0 Å². The minimum absolute atomic E-state index is 0.0244. The zero-order chi connectivity index (χ0) is 14.3.